The van der Waals surface area contributed by atoms with Crippen LogP contribution in [0.15, 0.2) is 29.8 Å². The summed E-state index contributed by atoms with van der Waals surface area (Å²) < 4.78 is 16.9. The van der Waals surface area contributed by atoms with Gasteiger partial charge in [0.2, 0.25) is 17.7 Å². The third-order valence-corrected chi connectivity index (χ3v) is 9.92. The van der Waals surface area contributed by atoms with E-state index in [2.05, 4.69) is 15.6 Å². The SMILES string of the molecule is Cc1ncsc1-c1ccc([C@H](C)NC(=O)[C@@H]2CCCN2C(=O)[C@@H](NC(=O)COCCOC2CCN(C(=O)OC(C)(C)C)CC2)C(C)(C)C)cc1. The van der Waals surface area contributed by atoms with E-state index in [0.717, 1.165) is 21.7 Å². The molecule has 0 radical (unpaired) electrons. The lowest BCUT2D eigenvalue weighted by molar-refractivity contribution is -0.144. The predicted molar refractivity (Wildman–Crippen MR) is 193 cm³/mol. The van der Waals surface area contributed by atoms with Gasteiger partial charge in [0, 0.05) is 19.6 Å². The molecule has 2 saturated heterocycles. The molecule has 2 fully saturated rings. The van der Waals surface area contributed by atoms with E-state index in [-0.39, 0.29) is 43.3 Å². The molecule has 3 heterocycles. The van der Waals surface area contributed by atoms with Crippen LogP contribution in [0.4, 0.5) is 4.79 Å². The second-order valence-corrected chi connectivity index (χ2v) is 16.1. The van der Waals surface area contributed by atoms with Crippen molar-refractivity contribution >= 4 is 35.2 Å². The molecule has 0 aliphatic carbocycles. The molecule has 1 aromatic heterocycles. The molecule has 0 unspecified atom stereocenters. The van der Waals surface area contributed by atoms with Crippen molar-refractivity contribution in [2.24, 2.45) is 5.41 Å². The van der Waals surface area contributed by atoms with Gasteiger partial charge in [-0.05, 0) is 76.8 Å². The van der Waals surface area contributed by atoms with Crippen LogP contribution in [0.5, 0.6) is 0 Å². The summed E-state index contributed by atoms with van der Waals surface area (Å²) in [7, 11) is 0. The Kier molecular flexibility index (Phi) is 13.4. The number of nitrogens with one attached hydrogen (secondary N) is 2. The first kappa shape index (κ1) is 39.2. The van der Waals surface area contributed by atoms with Gasteiger partial charge in [-0.15, -0.1) is 11.3 Å². The van der Waals surface area contributed by atoms with Crippen molar-refractivity contribution < 1.29 is 33.4 Å². The fourth-order valence-electron chi connectivity index (χ4n) is 6.19. The van der Waals surface area contributed by atoms with E-state index in [1.54, 1.807) is 21.1 Å². The van der Waals surface area contributed by atoms with Crippen LogP contribution in [0.3, 0.4) is 0 Å². The largest absolute Gasteiger partial charge is 0.444 e. The normalized spacial score (nSPS) is 18.4. The predicted octanol–water partition coefficient (Wildman–Crippen LogP) is 5.25. The molecule has 13 heteroatoms. The van der Waals surface area contributed by atoms with Crippen LogP contribution in [-0.2, 0) is 28.6 Å². The fourth-order valence-corrected chi connectivity index (χ4v) is 7.00. The summed E-state index contributed by atoms with van der Waals surface area (Å²) in [5.74, 6) is -0.889. The Morgan fingerprint density at radius 2 is 1.64 bits per heavy atom. The van der Waals surface area contributed by atoms with Crippen LogP contribution in [0.25, 0.3) is 10.4 Å². The molecule has 50 heavy (non-hydrogen) atoms. The maximum Gasteiger partial charge on any atom is 0.410 e. The summed E-state index contributed by atoms with van der Waals surface area (Å²) in [5, 5.41) is 5.97. The van der Waals surface area contributed by atoms with Crippen LogP contribution < -0.4 is 10.6 Å². The molecule has 12 nitrogen and oxygen atoms in total. The standard InChI is InChI=1S/C37H55N5O7S/c1-24(26-11-13-27(14-12-26)31-25(2)38-23-50-31)39-33(44)29-10-9-17-42(29)34(45)32(36(3,4)5)40-30(43)22-47-20-21-48-28-15-18-41(19-16-28)35(46)49-37(6,7)8/h11-14,23-24,28-29,32H,9-10,15-22H2,1-8H3,(H,39,44)(H,40,43)/t24-,29-,32+/m0/s1. The molecule has 0 spiro atoms. The van der Waals surface area contributed by atoms with Crippen molar-refractivity contribution in [1.29, 1.82) is 0 Å². The van der Waals surface area contributed by atoms with Gasteiger partial charge in [0.15, 0.2) is 0 Å². The summed E-state index contributed by atoms with van der Waals surface area (Å²) in [6.07, 6.45) is 2.35. The first-order valence-corrected chi connectivity index (χ1v) is 18.5. The van der Waals surface area contributed by atoms with Crippen molar-refractivity contribution in [3.63, 3.8) is 0 Å². The zero-order valence-electron chi connectivity index (χ0n) is 30.9. The van der Waals surface area contributed by atoms with Crippen molar-refractivity contribution in [3.8, 4) is 10.4 Å². The number of benzene rings is 1. The number of aryl methyl sites for hydroxylation is 1. The van der Waals surface area contributed by atoms with Gasteiger partial charge in [0.1, 0.15) is 24.3 Å². The Hall–Kier alpha value is -3.55. The lowest BCUT2D eigenvalue weighted by Crippen LogP contribution is -2.58. The minimum absolute atomic E-state index is 0.00153. The van der Waals surface area contributed by atoms with Crippen LogP contribution in [0, 0.1) is 12.3 Å². The van der Waals surface area contributed by atoms with Crippen LogP contribution in [0.1, 0.15) is 91.4 Å². The van der Waals surface area contributed by atoms with Crippen molar-refractivity contribution in [2.75, 3.05) is 39.5 Å². The number of amides is 4. The first-order chi connectivity index (χ1) is 23.5. The topological polar surface area (TPSA) is 139 Å². The van der Waals surface area contributed by atoms with Crippen molar-refractivity contribution in [3.05, 3.63) is 41.0 Å². The third-order valence-electron chi connectivity index (χ3n) is 8.94. The lowest BCUT2D eigenvalue weighted by atomic mass is 9.85. The summed E-state index contributed by atoms with van der Waals surface area (Å²) in [5.41, 5.74) is 3.75. The highest BCUT2D eigenvalue weighted by Crippen LogP contribution is 2.29. The molecule has 4 amide bonds. The molecule has 2 aromatic rings. The molecular formula is C37H55N5O7S. The number of hydrogen-bond donors (Lipinski definition) is 2. The molecule has 2 N–H and O–H groups in total. The summed E-state index contributed by atoms with van der Waals surface area (Å²) >= 11 is 1.60. The average molecular weight is 714 g/mol. The Labute approximate surface area is 300 Å². The third kappa shape index (κ3) is 11.0. The van der Waals surface area contributed by atoms with Crippen LogP contribution >= 0.6 is 11.3 Å². The van der Waals surface area contributed by atoms with Gasteiger partial charge in [-0.1, -0.05) is 45.0 Å². The second-order valence-electron chi connectivity index (χ2n) is 15.3. The molecule has 2 aliphatic rings. The molecule has 4 rings (SSSR count). The van der Waals surface area contributed by atoms with Gasteiger partial charge in [-0.2, -0.15) is 0 Å². The minimum Gasteiger partial charge on any atom is -0.444 e. The van der Waals surface area contributed by atoms with Crippen LogP contribution in [-0.4, -0.2) is 102 Å². The monoisotopic (exact) mass is 713 g/mol. The molecular weight excluding hydrogens is 659 g/mol. The van der Waals surface area contributed by atoms with E-state index in [4.69, 9.17) is 14.2 Å². The Morgan fingerprint density at radius 3 is 2.24 bits per heavy atom. The smallest absolute Gasteiger partial charge is 0.410 e. The van der Waals surface area contributed by atoms with E-state index in [1.165, 1.54) is 0 Å². The maximum atomic E-state index is 13.9. The lowest BCUT2D eigenvalue weighted by Gasteiger charge is -2.35. The van der Waals surface area contributed by atoms with Gasteiger partial charge in [0.05, 0.1) is 41.4 Å². The highest BCUT2D eigenvalue weighted by atomic mass is 32.1. The Morgan fingerprint density at radius 1 is 0.960 bits per heavy atom. The van der Waals surface area contributed by atoms with Gasteiger partial charge in [-0.3, -0.25) is 14.4 Å². The average Bonchev–Trinajstić information content (AvgIpc) is 3.72. The summed E-state index contributed by atoms with van der Waals surface area (Å²) in [6, 6.07) is 6.39. The number of piperidine rings is 1. The Balaban J connectivity index is 1.22. The molecule has 0 bridgehead atoms. The van der Waals surface area contributed by atoms with E-state index in [0.29, 0.717) is 51.9 Å². The van der Waals surface area contributed by atoms with Gasteiger partial charge in [-0.25, -0.2) is 9.78 Å². The number of nitrogens with zero attached hydrogens (tertiary/aromatic N) is 3. The number of aromatic nitrogens is 1. The molecule has 1 aromatic carbocycles. The second kappa shape index (κ2) is 17.1. The highest BCUT2D eigenvalue weighted by molar-refractivity contribution is 7.13. The number of hydrogen-bond acceptors (Lipinski definition) is 9. The quantitative estimate of drug-likeness (QED) is 0.285. The minimum atomic E-state index is -0.835. The van der Waals surface area contributed by atoms with Crippen LogP contribution in [0.2, 0.25) is 0 Å². The molecule has 276 valence electrons. The fraction of sp³-hybridized carbons (Fsp3) is 0.649. The van der Waals surface area contributed by atoms with Gasteiger partial charge < -0.3 is 34.6 Å². The zero-order valence-corrected chi connectivity index (χ0v) is 31.7. The van der Waals surface area contributed by atoms with Gasteiger partial charge >= 0.3 is 6.09 Å². The summed E-state index contributed by atoms with van der Waals surface area (Å²) in [4.78, 5) is 61.4. The Bertz CT molecular complexity index is 1460. The maximum absolute atomic E-state index is 13.9. The van der Waals surface area contributed by atoms with Crippen molar-refractivity contribution in [1.82, 2.24) is 25.4 Å². The van der Waals surface area contributed by atoms with E-state index >= 15 is 0 Å². The zero-order chi connectivity index (χ0) is 36.6. The van der Waals surface area contributed by atoms with E-state index < -0.39 is 29.0 Å². The first-order valence-electron chi connectivity index (χ1n) is 17.6. The number of ether oxygens (including phenoxy) is 3. The van der Waals surface area contributed by atoms with Gasteiger partial charge in [0.25, 0.3) is 0 Å². The number of carbonyl (C=O) groups excluding carboxylic acids is 4. The number of thiazole rings is 1. The number of carbonyl (C=O) groups is 4. The number of rotatable bonds is 12. The highest BCUT2D eigenvalue weighted by Gasteiger charge is 2.42. The molecule has 3 atom stereocenters. The summed E-state index contributed by atoms with van der Waals surface area (Å²) in [6.45, 7) is 17.0. The van der Waals surface area contributed by atoms with E-state index in [9.17, 15) is 19.2 Å². The molecule has 0 saturated carbocycles. The molecule has 2 aliphatic heterocycles. The van der Waals surface area contributed by atoms with Crippen molar-refractivity contribution in [2.45, 2.75) is 111 Å². The number of likely N-dealkylation sites (tertiary alicyclic amines) is 2. The van der Waals surface area contributed by atoms with E-state index in [1.807, 2.05) is 85.2 Å².